The molecule has 0 N–H and O–H groups in total. The Balaban J connectivity index is 3.18. The molecule has 8 heteroatoms. The van der Waals surface area contributed by atoms with E-state index in [4.69, 9.17) is 0 Å². The van der Waals surface area contributed by atoms with Crippen LogP contribution >= 0.6 is 11.8 Å². The fourth-order valence-corrected chi connectivity index (χ4v) is 1.68. The van der Waals surface area contributed by atoms with Crippen molar-refractivity contribution in [1.29, 1.82) is 0 Å². The molecule has 0 spiro atoms. The lowest BCUT2D eigenvalue weighted by Gasteiger charge is -2.06. The van der Waals surface area contributed by atoms with Gasteiger partial charge in [-0.05, 0) is 11.8 Å². The second-order valence-electron chi connectivity index (χ2n) is 3.19. The molecule has 0 amide bonds. The third-order valence-electron chi connectivity index (χ3n) is 1.88. The van der Waals surface area contributed by atoms with E-state index >= 15 is 0 Å². The number of halogens is 5. The van der Waals surface area contributed by atoms with Gasteiger partial charge < -0.3 is 0 Å². The zero-order valence-corrected chi connectivity index (χ0v) is 9.64. The van der Waals surface area contributed by atoms with E-state index in [0.717, 1.165) is 6.92 Å². The van der Waals surface area contributed by atoms with E-state index < -0.39 is 51.3 Å². The van der Waals surface area contributed by atoms with Crippen LogP contribution in [0.3, 0.4) is 0 Å². The number of thioether (sulfide) groups is 1. The van der Waals surface area contributed by atoms with E-state index in [1.165, 1.54) is 0 Å². The average Bonchev–Trinajstić information content (AvgIpc) is 2.29. The first-order chi connectivity index (χ1) is 8.25. The van der Waals surface area contributed by atoms with Crippen molar-refractivity contribution in [2.24, 2.45) is 0 Å². The zero-order valence-electron chi connectivity index (χ0n) is 8.82. The van der Waals surface area contributed by atoms with Crippen LogP contribution in [0.15, 0.2) is 0 Å². The molecule has 18 heavy (non-hydrogen) atoms. The summed E-state index contributed by atoms with van der Waals surface area (Å²) >= 11 is 0.133. The van der Waals surface area contributed by atoms with E-state index in [9.17, 15) is 31.5 Å². The molecule has 0 aliphatic rings. The van der Waals surface area contributed by atoms with E-state index in [1.807, 2.05) is 0 Å². The van der Waals surface area contributed by atoms with E-state index in [2.05, 4.69) is 0 Å². The molecular weight excluding hydrogens is 279 g/mol. The summed E-state index contributed by atoms with van der Waals surface area (Å²) in [4.78, 5) is 21.7. The first-order valence-electron chi connectivity index (χ1n) is 4.47. The molecule has 0 aromatic heterocycles. The molecule has 0 saturated heterocycles. The summed E-state index contributed by atoms with van der Waals surface area (Å²) in [5, 5.41) is -1.66. The van der Waals surface area contributed by atoms with Crippen LogP contribution in [0.2, 0.25) is 0 Å². The normalized spacial score (nSPS) is 10.6. The molecule has 0 atom stereocenters. The minimum Gasteiger partial charge on any atom is -0.287 e. The third kappa shape index (κ3) is 2.87. The molecule has 0 fully saturated rings. The van der Waals surface area contributed by atoms with Crippen molar-refractivity contribution in [2.75, 3.05) is 0 Å². The highest BCUT2D eigenvalue weighted by molar-refractivity contribution is 8.26. The Bertz CT molecular complexity index is 500. The van der Waals surface area contributed by atoms with Gasteiger partial charge in [0, 0.05) is 18.9 Å². The monoisotopic (exact) mass is 284 g/mol. The van der Waals surface area contributed by atoms with Gasteiger partial charge in [0.05, 0.1) is 0 Å². The standard InChI is InChI=1S/C10H5F5O2S/c1-3(16)18-5(17)2-4-6(11)8(13)10(15)9(14)7(4)12/h2H2,1H3. The summed E-state index contributed by atoms with van der Waals surface area (Å²) in [6.45, 7) is 1.03. The molecular formula is C10H5F5O2S. The van der Waals surface area contributed by atoms with E-state index in [-0.39, 0.29) is 11.8 Å². The van der Waals surface area contributed by atoms with Crippen LogP contribution in [0.4, 0.5) is 22.0 Å². The van der Waals surface area contributed by atoms with Crippen LogP contribution in [0.5, 0.6) is 0 Å². The molecule has 0 aliphatic heterocycles. The van der Waals surface area contributed by atoms with Gasteiger partial charge in [-0.3, -0.25) is 9.59 Å². The zero-order chi connectivity index (χ0) is 14.0. The number of benzene rings is 1. The van der Waals surface area contributed by atoms with Crippen LogP contribution in [-0.4, -0.2) is 10.2 Å². The van der Waals surface area contributed by atoms with Gasteiger partial charge in [0.15, 0.2) is 28.4 Å². The lowest BCUT2D eigenvalue weighted by molar-refractivity contribution is -0.112. The molecule has 0 radical (unpaired) electrons. The highest BCUT2D eigenvalue weighted by Gasteiger charge is 2.27. The number of rotatable bonds is 2. The number of hydrogen-bond donors (Lipinski definition) is 0. The number of carbonyl (C=O) groups excluding carboxylic acids is 2. The van der Waals surface area contributed by atoms with Crippen molar-refractivity contribution in [3.63, 3.8) is 0 Å². The maximum Gasteiger partial charge on any atom is 0.201 e. The predicted molar refractivity (Wildman–Crippen MR) is 53.2 cm³/mol. The minimum atomic E-state index is -2.29. The highest BCUT2D eigenvalue weighted by atomic mass is 32.2. The van der Waals surface area contributed by atoms with Gasteiger partial charge in [0.1, 0.15) is 0 Å². The van der Waals surface area contributed by atoms with Crippen LogP contribution in [0, 0.1) is 29.1 Å². The Morgan fingerprint density at radius 3 is 1.67 bits per heavy atom. The molecule has 0 heterocycles. The number of carbonyl (C=O) groups is 2. The van der Waals surface area contributed by atoms with Crippen molar-refractivity contribution in [1.82, 2.24) is 0 Å². The van der Waals surface area contributed by atoms with Crippen molar-refractivity contribution in [3.8, 4) is 0 Å². The number of hydrogen-bond acceptors (Lipinski definition) is 3. The molecule has 98 valence electrons. The Morgan fingerprint density at radius 2 is 1.28 bits per heavy atom. The fourth-order valence-electron chi connectivity index (χ4n) is 1.15. The summed E-state index contributed by atoms with van der Waals surface area (Å²) in [5.74, 6) is -10.7. The smallest absolute Gasteiger partial charge is 0.201 e. The maximum atomic E-state index is 13.1. The summed E-state index contributed by atoms with van der Waals surface area (Å²) in [7, 11) is 0. The summed E-state index contributed by atoms with van der Waals surface area (Å²) in [5.41, 5.74) is -1.25. The van der Waals surface area contributed by atoms with Crippen LogP contribution in [-0.2, 0) is 16.0 Å². The molecule has 1 rings (SSSR count). The molecule has 0 unspecified atom stereocenters. The third-order valence-corrected chi connectivity index (χ3v) is 2.54. The van der Waals surface area contributed by atoms with Gasteiger partial charge >= 0.3 is 0 Å². The molecule has 0 bridgehead atoms. The lowest BCUT2D eigenvalue weighted by Crippen LogP contribution is -2.11. The second-order valence-corrected chi connectivity index (χ2v) is 4.43. The van der Waals surface area contributed by atoms with E-state index in [1.54, 1.807) is 0 Å². The van der Waals surface area contributed by atoms with Crippen molar-refractivity contribution < 1.29 is 31.5 Å². The first-order valence-corrected chi connectivity index (χ1v) is 5.29. The van der Waals surface area contributed by atoms with Crippen molar-refractivity contribution >= 4 is 22.0 Å². The topological polar surface area (TPSA) is 34.1 Å². The summed E-state index contributed by atoms with van der Waals surface area (Å²) < 4.78 is 64.5. The molecule has 1 aromatic carbocycles. The minimum absolute atomic E-state index is 0.133. The van der Waals surface area contributed by atoms with Crippen molar-refractivity contribution in [3.05, 3.63) is 34.6 Å². The van der Waals surface area contributed by atoms with Gasteiger partial charge in [-0.25, -0.2) is 22.0 Å². The van der Waals surface area contributed by atoms with Gasteiger partial charge in [0.25, 0.3) is 0 Å². The first kappa shape index (κ1) is 14.6. The molecule has 2 nitrogen and oxygen atoms in total. The van der Waals surface area contributed by atoms with E-state index in [0.29, 0.717) is 0 Å². The quantitative estimate of drug-likeness (QED) is 0.476. The summed E-state index contributed by atoms with van der Waals surface area (Å²) in [6, 6.07) is 0. The average molecular weight is 284 g/mol. The van der Waals surface area contributed by atoms with Gasteiger partial charge in [0.2, 0.25) is 10.9 Å². The Kier molecular flexibility index (Phi) is 4.44. The Hall–Kier alpha value is -1.44. The maximum absolute atomic E-state index is 13.1. The van der Waals surface area contributed by atoms with Crippen LogP contribution < -0.4 is 0 Å². The molecule has 0 aliphatic carbocycles. The van der Waals surface area contributed by atoms with Gasteiger partial charge in [-0.15, -0.1) is 0 Å². The molecule has 0 saturated carbocycles. The van der Waals surface area contributed by atoms with Gasteiger partial charge in [-0.2, -0.15) is 0 Å². The van der Waals surface area contributed by atoms with Crippen molar-refractivity contribution in [2.45, 2.75) is 13.3 Å². The molecule has 1 aromatic rings. The Morgan fingerprint density at radius 1 is 0.889 bits per heavy atom. The van der Waals surface area contributed by atoms with Gasteiger partial charge in [-0.1, -0.05) is 0 Å². The summed E-state index contributed by atoms with van der Waals surface area (Å²) in [6.07, 6.45) is -1.06. The fraction of sp³-hybridized carbons (Fsp3) is 0.200. The van der Waals surface area contributed by atoms with Crippen LogP contribution in [0.25, 0.3) is 0 Å². The van der Waals surface area contributed by atoms with Crippen LogP contribution in [0.1, 0.15) is 12.5 Å². The largest absolute Gasteiger partial charge is 0.287 e. The SMILES string of the molecule is CC(=O)SC(=O)Cc1c(F)c(F)c(F)c(F)c1F. The Labute approximate surface area is 102 Å². The second kappa shape index (κ2) is 5.47. The predicted octanol–water partition coefficient (Wildman–Crippen LogP) is 2.73. The lowest BCUT2D eigenvalue weighted by atomic mass is 10.1. The highest BCUT2D eigenvalue weighted by Crippen LogP contribution is 2.24.